The van der Waals surface area contributed by atoms with E-state index in [1.807, 2.05) is 0 Å². The second-order valence-electron chi connectivity index (χ2n) is 6.67. The van der Waals surface area contributed by atoms with E-state index in [2.05, 4.69) is 10.0 Å². The van der Waals surface area contributed by atoms with Gasteiger partial charge in [-0.15, -0.1) is 4.91 Å². The molecule has 0 saturated heterocycles. The number of carbonyl (C=O) groups is 2. The van der Waals surface area contributed by atoms with Crippen molar-refractivity contribution < 1.29 is 19.1 Å². The highest BCUT2D eigenvalue weighted by atomic mass is 16.6. The van der Waals surface area contributed by atoms with Gasteiger partial charge < -0.3 is 9.47 Å². The van der Waals surface area contributed by atoms with Gasteiger partial charge in [-0.2, -0.15) is 5.43 Å². The summed E-state index contributed by atoms with van der Waals surface area (Å²) in [5.74, 6) is 1.91. The zero-order valence-corrected chi connectivity index (χ0v) is 11.9. The molecule has 4 fully saturated rings. The Hall–Kier alpha value is -1.66. The Morgan fingerprint density at radius 3 is 2.05 bits per heavy atom. The van der Waals surface area contributed by atoms with Gasteiger partial charge in [0.15, 0.2) is 0 Å². The molecule has 7 heteroatoms. The van der Waals surface area contributed by atoms with Crippen molar-refractivity contribution in [3.8, 4) is 0 Å². The van der Waals surface area contributed by atoms with Crippen LogP contribution in [0.15, 0.2) is 5.29 Å². The summed E-state index contributed by atoms with van der Waals surface area (Å²) in [6.07, 6.45) is 5.74. The van der Waals surface area contributed by atoms with Crippen LogP contribution in [0.1, 0.15) is 38.5 Å². The summed E-state index contributed by atoms with van der Waals surface area (Å²) in [6.45, 7) is -0.0493. The lowest BCUT2D eigenvalue weighted by atomic mass is 9.49. The molecule has 0 radical (unpaired) electrons. The van der Waals surface area contributed by atoms with Gasteiger partial charge in [-0.25, -0.2) is 4.79 Å². The molecule has 7 nitrogen and oxygen atoms in total. The molecule has 0 atom stereocenters. The number of nitrogens with zero attached hydrogens (tertiary/aromatic N) is 1. The normalized spacial score (nSPS) is 36.1. The Balaban J connectivity index is 1.47. The summed E-state index contributed by atoms with van der Waals surface area (Å²) in [5.41, 5.74) is 1.32. The third-order valence-corrected chi connectivity index (χ3v) is 5.16. The average Bonchev–Trinajstić information content (AvgIpc) is 2.42. The highest BCUT2D eigenvalue weighted by Gasteiger charge is 2.55. The summed E-state index contributed by atoms with van der Waals surface area (Å²) in [5, 5.41) is 2.19. The van der Waals surface area contributed by atoms with Crippen LogP contribution in [0.2, 0.25) is 0 Å². The summed E-state index contributed by atoms with van der Waals surface area (Å²) in [6, 6.07) is 0. The summed E-state index contributed by atoms with van der Waals surface area (Å²) in [7, 11) is 0. The molecule has 21 heavy (non-hydrogen) atoms. The van der Waals surface area contributed by atoms with Gasteiger partial charge in [0.05, 0.1) is 10.7 Å². The number of nitrogens with one attached hydrogen (secondary N) is 1. The standard InChI is InChI=1S/C14H20N2O5/c17-12(20-1-2-21-13(18)15-16-19)14-6-9-3-10(7-14)5-11(4-9)8-14/h9-11H,1-8H2,(H,15,18,19). The zero-order chi connectivity index (χ0) is 14.9. The summed E-state index contributed by atoms with van der Waals surface area (Å²) >= 11 is 0. The molecular formula is C14H20N2O5. The minimum Gasteiger partial charge on any atom is -0.462 e. The maximum atomic E-state index is 12.4. The highest BCUT2D eigenvalue weighted by Crippen LogP contribution is 2.60. The Morgan fingerprint density at radius 2 is 1.52 bits per heavy atom. The maximum absolute atomic E-state index is 12.4. The van der Waals surface area contributed by atoms with Gasteiger partial charge in [-0.3, -0.25) is 4.79 Å². The van der Waals surface area contributed by atoms with Crippen LogP contribution >= 0.6 is 0 Å². The fourth-order valence-electron chi connectivity index (χ4n) is 4.85. The van der Waals surface area contributed by atoms with Gasteiger partial charge in [-0.1, -0.05) is 0 Å². The first kappa shape index (κ1) is 14.3. The fourth-order valence-corrected chi connectivity index (χ4v) is 4.85. The van der Waals surface area contributed by atoms with Gasteiger partial charge in [0, 0.05) is 0 Å². The molecule has 0 unspecified atom stereocenters. The summed E-state index contributed by atoms with van der Waals surface area (Å²) in [4.78, 5) is 33.0. The fraction of sp³-hybridized carbons (Fsp3) is 0.857. The largest absolute Gasteiger partial charge is 0.462 e. The number of carbonyl (C=O) groups excluding carboxylic acids is 2. The molecule has 0 aromatic heterocycles. The smallest absolute Gasteiger partial charge is 0.430 e. The van der Waals surface area contributed by atoms with Gasteiger partial charge in [0.2, 0.25) is 0 Å². The highest BCUT2D eigenvalue weighted by molar-refractivity contribution is 5.77. The molecule has 0 aromatic carbocycles. The van der Waals surface area contributed by atoms with Gasteiger partial charge in [-0.05, 0) is 56.3 Å². The second-order valence-corrected chi connectivity index (χ2v) is 6.67. The Morgan fingerprint density at radius 1 is 1.00 bits per heavy atom. The molecule has 116 valence electrons. The van der Waals surface area contributed by atoms with Crippen molar-refractivity contribution in [1.82, 2.24) is 5.43 Å². The van der Waals surface area contributed by atoms with Crippen LogP contribution in [-0.2, 0) is 14.3 Å². The van der Waals surface area contributed by atoms with E-state index in [9.17, 15) is 14.5 Å². The van der Waals surface area contributed by atoms with Crippen LogP contribution in [0.4, 0.5) is 4.79 Å². The number of hydrogen-bond donors (Lipinski definition) is 1. The van der Waals surface area contributed by atoms with Crippen molar-refractivity contribution in [1.29, 1.82) is 0 Å². The first-order chi connectivity index (χ1) is 10.1. The van der Waals surface area contributed by atoms with E-state index in [-0.39, 0.29) is 24.6 Å². The third-order valence-electron chi connectivity index (χ3n) is 5.16. The minimum absolute atomic E-state index is 0.0207. The van der Waals surface area contributed by atoms with Crippen molar-refractivity contribution >= 4 is 12.1 Å². The molecule has 1 amide bonds. The van der Waals surface area contributed by atoms with Crippen molar-refractivity contribution in [2.75, 3.05) is 13.2 Å². The monoisotopic (exact) mass is 296 g/mol. The van der Waals surface area contributed by atoms with E-state index in [0.717, 1.165) is 19.3 Å². The van der Waals surface area contributed by atoms with E-state index >= 15 is 0 Å². The third kappa shape index (κ3) is 2.87. The number of hydrogen-bond acceptors (Lipinski definition) is 6. The molecular weight excluding hydrogens is 276 g/mol. The van der Waals surface area contributed by atoms with Gasteiger partial charge in [0.1, 0.15) is 13.2 Å². The first-order valence-electron chi connectivity index (χ1n) is 7.53. The van der Waals surface area contributed by atoms with Crippen LogP contribution < -0.4 is 5.43 Å². The van der Waals surface area contributed by atoms with E-state index in [1.54, 1.807) is 5.43 Å². The van der Waals surface area contributed by atoms with Crippen LogP contribution in [0.25, 0.3) is 0 Å². The van der Waals surface area contributed by atoms with Crippen molar-refractivity contribution in [2.24, 2.45) is 28.5 Å². The quantitative estimate of drug-likeness (QED) is 0.363. The average molecular weight is 296 g/mol. The van der Waals surface area contributed by atoms with Crippen LogP contribution in [-0.4, -0.2) is 25.3 Å². The van der Waals surface area contributed by atoms with E-state index in [4.69, 9.17) is 4.74 Å². The molecule has 4 aliphatic carbocycles. The van der Waals surface area contributed by atoms with E-state index < -0.39 is 6.09 Å². The van der Waals surface area contributed by atoms with Crippen molar-refractivity contribution in [3.63, 3.8) is 0 Å². The predicted molar refractivity (Wildman–Crippen MR) is 71.8 cm³/mol. The van der Waals surface area contributed by atoms with E-state index in [1.165, 1.54) is 19.3 Å². The van der Waals surface area contributed by atoms with Gasteiger partial charge in [0.25, 0.3) is 0 Å². The minimum atomic E-state index is -0.934. The Bertz CT molecular complexity index is 415. The lowest BCUT2D eigenvalue weighted by molar-refractivity contribution is -0.172. The molecule has 0 spiro atoms. The topological polar surface area (TPSA) is 94.1 Å². The number of ether oxygens (including phenoxy) is 2. The Labute approximate surface area is 122 Å². The lowest BCUT2D eigenvalue weighted by Crippen LogP contribution is -2.50. The molecule has 4 rings (SSSR count). The molecule has 0 aliphatic heterocycles. The van der Waals surface area contributed by atoms with Crippen LogP contribution in [0, 0.1) is 28.1 Å². The SMILES string of the molecule is O=NNC(=O)OCCOC(=O)C12CC3CC(CC(C3)C1)C2. The maximum Gasteiger partial charge on any atom is 0.430 e. The molecule has 1 N–H and O–H groups in total. The number of amides is 1. The number of nitroso groups, excluding NO2 is 1. The zero-order valence-electron chi connectivity index (χ0n) is 11.9. The van der Waals surface area contributed by atoms with Crippen LogP contribution in [0.5, 0.6) is 0 Å². The van der Waals surface area contributed by atoms with Gasteiger partial charge >= 0.3 is 12.1 Å². The molecule has 4 bridgehead atoms. The van der Waals surface area contributed by atoms with E-state index in [0.29, 0.717) is 17.8 Å². The summed E-state index contributed by atoms with van der Waals surface area (Å²) < 4.78 is 9.93. The number of esters is 1. The second kappa shape index (κ2) is 5.61. The number of rotatable bonds is 5. The molecule has 0 heterocycles. The first-order valence-corrected chi connectivity index (χ1v) is 7.53. The lowest BCUT2D eigenvalue weighted by Gasteiger charge is -2.55. The predicted octanol–water partition coefficient (Wildman–Crippen LogP) is 2.15. The van der Waals surface area contributed by atoms with Crippen molar-refractivity contribution in [2.45, 2.75) is 38.5 Å². The molecule has 0 aromatic rings. The Kier molecular flexibility index (Phi) is 3.82. The molecule has 4 aliphatic rings. The van der Waals surface area contributed by atoms with Crippen molar-refractivity contribution in [3.05, 3.63) is 4.91 Å². The molecule has 4 saturated carbocycles. The van der Waals surface area contributed by atoms with Crippen LogP contribution in [0.3, 0.4) is 0 Å².